The Morgan fingerprint density at radius 1 is 1.26 bits per heavy atom. The number of benzene rings is 1. The Balaban J connectivity index is 2.44. The third-order valence-corrected chi connectivity index (χ3v) is 3.15. The van der Waals surface area contributed by atoms with Gasteiger partial charge in [-0.15, -0.1) is 0 Å². The first-order valence-electron chi connectivity index (χ1n) is 5.90. The van der Waals surface area contributed by atoms with Crippen molar-refractivity contribution in [3.63, 3.8) is 0 Å². The van der Waals surface area contributed by atoms with E-state index in [1.807, 2.05) is 42.2 Å². The van der Waals surface area contributed by atoms with Crippen molar-refractivity contribution in [1.82, 2.24) is 9.97 Å². The van der Waals surface area contributed by atoms with Crippen LogP contribution in [0.4, 0.5) is 11.5 Å². The van der Waals surface area contributed by atoms with Crippen molar-refractivity contribution in [2.24, 2.45) is 0 Å². The van der Waals surface area contributed by atoms with Crippen LogP contribution in [-0.2, 0) is 0 Å². The zero-order valence-electron chi connectivity index (χ0n) is 10.5. The molecule has 0 amide bonds. The van der Waals surface area contributed by atoms with Crippen molar-refractivity contribution in [3.8, 4) is 6.07 Å². The van der Waals surface area contributed by atoms with Gasteiger partial charge < -0.3 is 4.90 Å². The van der Waals surface area contributed by atoms with Gasteiger partial charge in [0, 0.05) is 17.8 Å². The summed E-state index contributed by atoms with van der Waals surface area (Å²) in [4.78, 5) is 10.2. The minimum absolute atomic E-state index is 0.413. The molecule has 0 aliphatic carbocycles. The van der Waals surface area contributed by atoms with Crippen LogP contribution < -0.4 is 4.90 Å². The van der Waals surface area contributed by atoms with Gasteiger partial charge in [-0.1, -0.05) is 29.8 Å². The summed E-state index contributed by atoms with van der Waals surface area (Å²) < 4.78 is 0. The van der Waals surface area contributed by atoms with E-state index in [4.69, 9.17) is 16.9 Å². The molecule has 4 nitrogen and oxygen atoms in total. The lowest BCUT2D eigenvalue weighted by atomic mass is 10.2. The maximum absolute atomic E-state index is 8.80. The van der Waals surface area contributed by atoms with Crippen LogP contribution in [0.1, 0.15) is 12.0 Å². The van der Waals surface area contributed by atoms with Gasteiger partial charge >= 0.3 is 0 Å². The third kappa shape index (κ3) is 3.01. The van der Waals surface area contributed by atoms with Crippen molar-refractivity contribution >= 4 is 23.1 Å². The fourth-order valence-electron chi connectivity index (χ4n) is 1.82. The molecule has 1 heterocycles. The second-order valence-electron chi connectivity index (χ2n) is 4.01. The molecule has 5 heteroatoms. The molecule has 0 spiro atoms. The minimum Gasteiger partial charge on any atom is -0.325 e. The molecular weight excluding hydrogens is 260 g/mol. The van der Waals surface area contributed by atoms with E-state index in [2.05, 4.69) is 16.0 Å². The lowest BCUT2D eigenvalue weighted by Crippen LogP contribution is -2.20. The summed E-state index contributed by atoms with van der Waals surface area (Å²) in [6.45, 7) is 2.44. The SMILES string of the molecule is Cc1c(Cl)ncnc1N(CCC#N)c1ccccc1. The highest BCUT2D eigenvalue weighted by atomic mass is 35.5. The molecule has 0 bridgehead atoms. The second-order valence-corrected chi connectivity index (χ2v) is 4.37. The molecule has 1 aromatic heterocycles. The molecule has 0 saturated heterocycles. The number of nitriles is 1. The number of nitrogens with zero attached hydrogens (tertiary/aromatic N) is 4. The van der Waals surface area contributed by atoms with Gasteiger partial charge in [-0.25, -0.2) is 9.97 Å². The summed E-state index contributed by atoms with van der Waals surface area (Å²) >= 11 is 6.04. The van der Waals surface area contributed by atoms with Gasteiger partial charge in [0.1, 0.15) is 17.3 Å². The fraction of sp³-hybridized carbons (Fsp3) is 0.214. The highest BCUT2D eigenvalue weighted by Gasteiger charge is 2.14. The Morgan fingerprint density at radius 3 is 2.68 bits per heavy atom. The maximum Gasteiger partial charge on any atom is 0.140 e. The molecule has 1 aromatic carbocycles. The zero-order chi connectivity index (χ0) is 13.7. The summed E-state index contributed by atoms with van der Waals surface area (Å²) in [6, 6.07) is 12.0. The molecule has 0 N–H and O–H groups in total. The van der Waals surface area contributed by atoms with Crippen molar-refractivity contribution in [2.75, 3.05) is 11.4 Å². The van der Waals surface area contributed by atoms with Crippen molar-refractivity contribution in [1.29, 1.82) is 5.26 Å². The molecule has 0 aliphatic rings. The van der Waals surface area contributed by atoms with Crippen LogP contribution in [0.2, 0.25) is 5.15 Å². The van der Waals surface area contributed by atoms with Crippen LogP contribution in [0.25, 0.3) is 0 Å². The van der Waals surface area contributed by atoms with Gasteiger partial charge in [0.15, 0.2) is 0 Å². The van der Waals surface area contributed by atoms with E-state index in [-0.39, 0.29) is 0 Å². The fourth-order valence-corrected chi connectivity index (χ4v) is 1.95. The van der Waals surface area contributed by atoms with E-state index in [0.29, 0.717) is 18.1 Å². The Morgan fingerprint density at radius 2 is 2.00 bits per heavy atom. The number of rotatable bonds is 4. The van der Waals surface area contributed by atoms with Crippen LogP contribution >= 0.6 is 11.6 Å². The highest BCUT2D eigenvalue weighted by molar-refractivity contribution is 6.30. The first-order valence-corrected chi connectivity index (χ1v) is 6.28. The molecule has 2 rings (SSSR count). The topological polar surface area (TPSA) is 52.8 Å². The van der Waals surface area contributed by atoms with Crippen molar-refractivity contribution in [2.45, 2.75) is 13.3 Å². The van der Waals surface area contributed by atoms with Gasteiger partial charge in [-0.3, -0.25) is 0 Å². The van der Waals surface area contributed by atoms with Crippen LogP contribution in [0.15, 0.2) is 36.7 Å². The Kier molecular flexibility index (Phi) is 4.32. The van der Waals surface area contributed by atoms with E-state index in [9.17, 15) is 0 Å². The highest BCUT2D eigenvalue weighted by Crippen LogP contribution is 2.28. The monoisotopic (exact) mass is 272 g/mol. The number of hydrogen-bond acceptors (Lipinski definition) is 4. The van der Waals surface area contributed by atoms with Crippen LogP contribution in [0.5, 0.6) is 0 Å². The summed E-state index contributed by atoms with van der Waals surface area (Å²) in [5.74, 6) is 0.737. The van der Waals surface area contributed by atoms with Gasteiger partial charge in [-0.2, -0.15) is 5.26 Å². The third-order valence-electron chi connectivity index (χ3n) is 2.77. The molecule has 2 aromatic rings. The molecule has 19 heavy (non-hydrogen) atoms. The normalized spacial score (nSPS) is 9.95. The Bertz CT molecular complexity index is 592. The smallest absolute Gasteiger partial charge is 0.140 e. The summed E-state index contributed by atoms with van der Waals surface area (Å²) in [5.41, 5.74) is 1.79. The first-order chi connectivity index (χ1) is 9.24. The first kappa shape index (κ1) is 13.3. The number of halogens is 1. The van der Waals surface area contributed by atoms with Gasteiger partial charge in [0.2, 0.25) is 0 Å². The summed E-state index contributed by atoms with van der Waals surface area (Å²) in [5, 5.41) is 9.23. The standard InChI is InChI=1S/C14H13ClN4/c1-11-13(15)17-10-18-14(11)19(9-5-8-16)12-6-3-2-4-7-12/h2-4,6-7,10H,5,9H2,1H3. The second kappa shape index (κ2) is 6.17. The predicted molar refractivity (Wildman–Crippen MR) is 75.5 cm³/mol. The average Bonchev–Trinajstić information content (AvgIpc) is 2.45. The number of para-hydroxylation sites is 1. The average molecular weight is 273 g/mol. The number of hydrogen-bond donors (Lipinski definition) is 0. The van der Waals surface area contributed by atoms with Crippen molar-refractivity contribution < 1.29 is 0 Å². The molecule has 0 radical (unpaired) electrons. The van der Waals surface area contributed by atoms with E-state index in [0.717, 1.165) is 17.1 Å². The molecule has 0 fully saturated rings. The van der Waals surface area contributed by atoms with Crippen molar-refractivity contribution in [3.05, 3.63) is 47.4 Å². The Hall–Kier alpha value is -2.12. The number of anilines is 2. The lowest BCUT2D eigenvalue weighted by Gasteiger charge is -2.24. The largest absolute Gasteiger partial charge is 0.325 e. The predicted octanol–water partition coefficient (Wildman–Crippen LogP) is 3.49. The zero-order valence-corrected chi connectivity index (χ0v) is 11.3. The maximum atomic E-state index is 8.80. The lowest BCUT2D eigenvalue weighted by molar-refractivity contribution is 0.911. The Labute approximate surface area is 117 Å². The van der Waals surface area contributed by atoms with Crippen LogP contribution in [-0.4, -0.2) is 16.5 Å². The quantitative estimate of drug-likeness (QED) is 0.800. The van der Waals surface area contributed by atoms with Gasteiger partial charge in [-0.05, 0) is 19.1 Å². The molecule has 0 aliphatic heterocycles. The van der Waals surface area contributed by atoms with E-state index < -0.39 is 0 Å². The summed E-state index contributed by atoms with van der Waals surface area (Å²) in [7, 11) is 0. The minimum atomic E-state index is 0.413. The molecule has 0 unspecified atom stereocenters. The summed E-state index contributed by atoms with van der Waals surface area (Å²) in [6.07, 6.45) is 1.85. The van der Waals surface area contributed by atoms with E-state index >= 15 is 0 Å². The molecular formula is C14H13ClN4. The van der Waals surface area contributed by atoms with Gasteiger partial charge in [0.05, 0.1) is 12.5 Å². The van der Waals surface area contributed by atoms with Crippen LogP contribution in [0.3, 0.4) is 0 Å². The number of aromatic nitrogens is 2. The van der Waals surface area contributed by atoms with E-state index in [1.165, 1.54) is 6.33 Å². The van der Waals surface area contributed by atoms with E-state index in [1.54, 1.807) is 0 Å². The molecule has 0 saturated carbocycles. The van der Waals surface area contributed by atoms with Crippen LogP contribution in [0, 0.1) is 18.3 Å². The van der Waals surface area contributed by atoms with Gasteiger partial charge in [0.25, 0.3) is 0 Å². The molecule has 96 valence electrons. The molecule has 0 atom stereocenters.